The molecule has 1 aromatic carbocycles. The van der Waals surface area contributed by atoms with Crippen LogP contribution in [0.3, 0.4) is 0 Å². The van der Waals surface area contributed by atoms with Gasteiger partial charge in [-0.25, -0.2) is 4.79 Å². The Labute approximate surface area is 188 Å². The molecule has 1 N–H and O–H groups in total. The summed E-state index contributed by atoms with van der Waals surface area (Å²) >= 11 is 7.42. The predicted octanol–water partition coefficient (Wildman–Crippen LogP) is 5.31. The number of anilines is 1. The molecule has 1 saturated heterocycles. The summed E-state index contributed by atoms with van der Waals surface area (Å²) in [6.07, 6.45) is 6.50. The van der Waals surface area contributed by atoms with Gasteiger partial charge in [0.25, 0.3) is 0 Å². The predicted molar refractivity (Wildman–Crippen MR) is 128 cm³/mol. The largest absolute Gasteiger partial charge is 0.465 e. The molecule has 4 rings (SSSR count). The molecule has 0 unspecified atom stereocenters. The third-order valence-corrected chi connectivity index (χ3v) is 7.92. The van der Waals surface area contributed by atoms with E-state index in [0.717, 1.165) is 67.3 Å². The molecule has 2 aromatic rings. The number of fused-ring (bicyclic) bond motifs is 1. The van der Waals surface area contributed by atoms with Crippen LogP contribution in [-0.2, 0) is 24.0 Å². The van der Waals surface area contributed by atoms with Gasteiger partial charge in [-0.2, -0.15) is 0 Å². The van der Waals surface area contributed by atoms with Crippen LogP contribution in [0.25, 0.3) is 0 Å². The molecule has 6 heteroatoms. The highest BCUT2D eigenvalue weighted by Crippen LogP contribution is 2.40. The van der Waals surface area contributed by atoms with Gasteiger partial charge >= 0.3 is 5.97 Å². The number of likely N-dealkylation sites (tertiary alicyclic amines) is 1. The Morgan fingerprint density at radius 3 is 2.67 bits per heavy atom. The first-order valence-electron chi connectivity index (χ1n) is 10.9. The quantitative estimate of drug-likeness (QED) is 0.513. The van der Waals surface area contributed by atoms with E-state index in [1.54, 1.807) is 11.3 Å². The lowest BCUT2D eigenvalue weighted by atomic mass is 9.88. The molecule has 2 heterocycles. The minimum atomic E-state index is -0.256. The van der Waals surface area contributed by atoms with Crippen LogP contribution in [0.4, 0.5) is 5.00 Å². The number of hydrogen-bond acceptors (Lipinski definition) is 4. The van der Waals surface area contributed by atoms with Gasteiger partial charge in [-0.3, -0.25) is 0 Å². The average molecular weight is 443 g/mol. The second-order valence-corrected chi connectivity index (χ2v) is 10.1. The number of esters is 1. The molecule has 30 heavy (non-hydrogen) atoms. The molecule has 1 aliphatic heterocycles. The molecule has 1 fully saturated rings. The van der Waals surface area contributed by atoms with E-state index in [0.29, 0.717) is 17.4 Å². The van der Waals surface area contributed by atoms with Gasteiger partial charge < -0.3 is 15.0 Å². The van der Waals surface area contributed by atoms with E-state index < -0.39 is 0 Å². The van der Waals surface area contributed by atoms with Crippen LogP contribution in [-0.4, -0.2) is 36.2 Å². The van der Waals surface area contributed by atoms with Gasteiger partial charge in [0.05, 0.1) is 12.7 Å². The first-order chi connectivity index (χ1) is 14.5. The molecule has 0 spiro atoms. The lowest BCUT2D eigenvalue weighted by molar-refractivity contribution is 0.0601. The Morgan fingerprint density at radius 1 is 1.23 bits per heavy atom. The second-order valence-electron chi connectivity index (χ2n) is 8.60. The first-order valence-corrected chi connectivity index (χ1v) is 12.1. The van der Waals surface area contributed by atoms with Gasteiger partial charge in [0, 0.05) is 18.0 Å². The van der Waals surface area contributed by atoms with E-state index in [1.165, 1.54) is 17.6 Å². The summed E-state index contributed by atoms with van der Waals surface area (Å²) in [7, 11) is 1.46. The molecule has 1 aromatic heterocycles. The van der Waals surface area contributed by atoms with Gasteiger partial charge in [0.15, 0.2) is 5.11 Å². The summed E-state index contributed by atoms with van der Waals surface area (Å²) in [5.41, 5.74) is 3.28. The maximum atomic E-state index is 12.5. The molecule has 4 nitrogen and oxygen atoms in total. The Kier molecular flexibility index (Phi) is 6.74. The normalized spacial score (nSPS) is 19.3. The SMILES string of the molecule is COC(=O)c1c(NC(=S)N2CCC(Cc3ccccc3)CC2)sc2c1CC[C@@H](C)C2. The fourth-order valence-electron chi connectivity index (χ4n) is 4.62. The van der Waals surface area contributed by atoms with Gasteiger partial charge in [0.1, 0.15) is 5.00 Å². The number of piperidine rings is 1. The number of carbonyl (C=O) groups is 1. The summed E-state index contributed by atoms with van der Waals surface area (Å²) < 4.78 is 5.10. The van der Waals surface area contributed by atoms with Crippen LogP contribution in [0.5, 0.6) is 0 Å². The number of benzene rings is 1. The number of methoxy groups -OCH3 is 1. The summed E-state index contributed by atoms with van der Waals surface area (Å²) in [4.78, 5) is 16.1. The minimum Gasteiger partial charge on any atom is -0.465 e. The lowest BCUT2D eigenvalue weighted by Gasteiger charge is -2.33. The number of nitrogens with one attached hydrogen (secondary N) is 1. The van der Waals surface area contributed by atoms with E-state index in [9.17, 15) is 4.79 Å². The molecule has 0 saturated carbocycles. The summed E-state index contributed by atoms with van der Waals surface area (Å²) in [5, 5.41) is 4.99. The van der Waals surface area contributed by atoms with Gasteiger partial charge in [-0.15, -0.1) is 11.3 Å². The van der Waals surface area contributed by atoms with Gasteiger partial charge in [0.2, 0.25) is 0 Å². The smallest absolute Gasteiger partial charge is 0.341 e. The van der Waals surface area contributed by atoms with Crippen molar-refractivity contribution in [3.63, 3.8) is 0 Å². The topological polar surface area (TPSA) is 41.6 Å². The standard InChI is InChI=1S/C24H30N2O2S2/c1-16-8-9-19-20(14-16)30-22(21(19)23(27)28-2)25-24(29)26-12-10-18(11-13-26)15-17-6-4-3-5-7-17/h3-7,16,18H,8-15H2,1-2H3,(H,25,29)/t16-/m1/s1. The van der Waals surface area contributed by atoms with Gasteiger partial charge in [-0.1, -0.05) is 37.3 Å². The van der Waals surface area contributed by atoms with Crippen LogP contribution in [0, 0.1) is 11.8 Å². The van der Waals surface area contributed by atoms with Crippen LogP contribution < -0.4 is 5.32 Å². The zero-order chi connectivity index (χ0) is 21.1. The van der Waals surface area contributed by atoms with Crippen molar-refractivity contribution >= 4 is 39.6 Å². The van der Waals surface area contributed by atoms with Crippen molar-refractivity contribution in [3.05, 3.63) is 51.9 Å². The summed E-state index contributed by atoms with van der Waals surface area (Å²) in [6.45, 7) is 4.19. The highest BCUT2D eigenvalue weighted by atomic mass is 32.1. The third kappa shape index (κ3) is 4.70. The van der Waals surface area contributed by atoms with Crippen LogP contribution in [0.1, 0.15) is 52.5 Å². The number of ether oxygens (including phenoxy) is 1. The van der Waals surface area contributed by atoms with Crippen molar-refractivity contribution < 1.29 is 9.53 Å². The number of nitrogens with zero attached hydrogens (tertiary/aromatic N) is 1. The van der Waals surface area contributed by atoms with E-state index in [2.05, 4.69) is 47.5 Å². The number of carbonyl (C=O) groups excluding carboxylic acids is 1. The Balaban J connectivity index is 1.40. The van der Waals surface area contributed by atoms with Crippen molar-refractivity contribution in [2.75, 3.05) is 25.5 Å². The zero-order valence-corrected chi connectivity index (χ0v) is 19.4. The number of thiophene rings is 1. The van der Waals surface area contributed by atoms with Crippen molar-refractivity contribution in [3.8, 4) is 0 Å². The van der Waals surface area contributed by atoms with E-state index in [1.807, 2.05) is 0 Å². The Hall–Kier alpha value is -1.92. The Morgan fingerprint density at radius 2 is 1.97 bits per heavy atom. The average Bonchev–Trinajstić information content (AvgIpc) is 3.11. The summed E-state index contributed by atoms with van der Waals surface area (Å²) in [5.74, 6) is 1.10. The first kappa shape index (κ1) is 21.3. The Bertz CT molecular complexity index is 901. The molecule has 1 atom stereocenters. The molecule has 160 valence electrons. The van der Waals surface area contributed by atoms with Crippen LogP contribution in [0.15, 0.2) is 30.3 Å². The number of thiocarbonyl (C=S) groups is 1. The minimum absolute atomic E-state index is 0.256. The van der Waals surface area contributed by atoms with E-state index >= 15 is 0 Å². The maximum Gasteiger partial charge on any atom is 0.341 e. The van der Waals surface area contributed by atoms with Gasteiger partial charge in [-0.05, 0) is 73.7 Å². The lowest BCUT2D eigenvalue weighted by Crippen LogP contribution is -2.41. The summed E-state index contributed by atoms with van der Waals surface area (Å²) in [6, 6.07) is 10.7. The maximum absolute atomic E-state index is 12.5. The fraction of sp³-hybridized carbons (Fsp3) is 0.500. The molecule has 1 aliphatic carbocycles. The highest BCUT2D eigenvalue weighted by Gasteiger charge is 2.29. The van der Waals surface area contributed by atoms with Crippen molar-refractivity contribution in [1.82, 2.24) is 4.90 Å². The molecule has 0 bridgehead atoms. The highest BCUT2D eigenvalue weighted by molar-refractivity contribution is 7.80. The molecule has 0 amide bonds. The van der Waals surface area contributed by atoms with Crippen molar-refractivity contribution in [1.29, 1.82) is 0 Å². The van der Waals surface area contributed by atoms with Crippen molar-refractivity contribution in [2.24, 2.45) is 11.8 Å². The third-order valence-electron chi connectivity index (χ3n) is 6.39. The van der Waals surface area contributed by atoms with E-state index in [4.69, 9.17) is 17.0 Å². The monoisotopic (exact) mass is 442 g/mol. The number of rotatable bonds is 4. The zero-order valence-electron chi connectivity index (χ0n) is 17.8. The molecule has 2 aliphatic rings. The van der Waals surface area contributed by atoms with E-state index in [-0.39, 0.29) is 5.97 Å². The molecular formula is C24H30N2O2S2. The fourth-order valence-corrected chi connectivity index (χ4v) is 6.37. The second kappa shape index (κ2) is 9.48. The molecule has 0 radical (unpaired) electrons. The van der Waals surface area contributed by atoms with Crippen LogP contribution >= 0.6 is 23.6 Å². The molecular weight excluding hydrogens is 412 g/mol. The van der Waals surface area contributed by atoms with Crippen molar-refractivity contribution in [2.45, 2.75) is 45.4 Å². The number of hydrogen-bond donors (Lipinski definition) is 1. The van der Waals surface area contributed by atoms with Crippen LogP contribution in [0.2, 0.25) is 0 Å².